The highest BCUT2D eigenvalue weighted by molar-refractivity contribution is 7.98. The van der Waals surface area contributed by atoms with Crippen molar-refractivity contribution < 1.29 is 8.83 Å². The molecular weight excluding hydrogens is 288 g/mol. The number of nitrogens with zero attached hydrogens (tertiary/aromatic N) is 4. The van der Waals surface area contributed by atoms with Gasteiger partial charge in [0.25, 0.3) is 5.22 Å². The van der Waals surface area contributed by atoms with Crippen molar-refractivity contribution in [1.29, 1.82) is 0 Å². The first-order valence-corrected chi connectivity index (χ1v) is 7.55. The highest BCUT2D eigenvalue weighted by Crippen LogP contribution is 2.25. The van der Waals surface area contributed by atoms with Crippen LogP contribution in [0.3, 0.4) is 0 Å². The lowest BCUT2D eigenvalue weighted by Gasteiger charge is -1.94. The molecule has 21 heavy (non-hydrogen) atoms. The molecule has 0 radical (unpaired) electrons. The molecule has 6 nitrogen and oxygen atoms in total. The Morgan fingerprint density at radius 2 is 1.81 bits per heavy atom. The van der Waals surface area contributed by atoms with Crippen molar-refractivity contribution in [2.75, 3.05) is 0 Å². The zero-order chi connectivity index (χ0) is 14.7. The number of hydrogen-bond donors (Lipinski definition) is 0. The number of aromatic nitrogens is 4. The van der Waals surface area contributed by atoms with E-state index < -0.39 is 0 Å². The average Bonchev–Trinajstić information content (AvgIpc) is 3.15. The molecule has 0 amide bonds. The molecule has 0 saturated carbocycles. The fourth-order valence-corrected chi connectivity index (χ4v) is 2.25. The van der Waals surface area contributed by atoms with Crippen LogP contribution in [0.1, 0.15) is 31.5 Å². The fraction of sp³-hybridized carbons (Fsp3) is 0.286. The van der Waals surface area contributed by atoms with E-state index in [1.807, 2.05) is 44.2 Å². The first-order valence-electron chi connectivity index (χ1n) is 6.56. The second-order valence-electron chi connectivity index (χ2n) is 4.72. The van der Waals surface area contributed by atoms with E-state index in [2.05, 4.69) is 20.4 Å². The molecule has 0 fully saturated rings. The molecule has 0 aliphatic carbocycles. The standard InChI is InChI=1S/C14H14N4O2S/c1-9(2)12-16-15-11(19-12)8-21-14-18-17-13(20-14)10-6-4-3-5-7-10/h3-7,9H,8H2,1-2H3. The Morgan fingerprint density at radius 1 is 1.00 bits per heavy atom. The number of rotatable bonds is 5. The average molecular weight is 302 g/mol. The Balaban J connectivity index is 1.65. The van der Waals surface area contributed by atoms with Gasteiger partial charge in [-0.05, 0) is 12.1 Å². The number of benzene rings is 1. The Hall–Kier alpha value is -2.15. The molecule has 0 saturated heterocycles. The molecule has 7 heteroatoms. The molecule has 3 rings (SSSR count). The molecule has 1 aromatic carbocycles. The number of hydrogen-bond acceptors (Lipinski definition) is 7. The van der Waals surface area contributed by atoms with Gasteiger partial charge in [0.15, 0.2) is 0 Å². The van der Waals surface area contributed by atoms with Crippen LogP contribution in [0.15, 0.2) is 44.4 Å². The largest absolute Gasteiger partial charge is 0.424 e. The molecule has 0 atom stereocenters. The molecule has 0 bridgehead atoms. The third-order valence-electron chi connectivity index (χ3n) is 2.72. The van der Waals surface area contributed by atoms with E-state index in [0.717, 1.165) is 5.56 Å². The van der Waals surface area contributed by atoms with Gasteiger partial charge in [-0.15, -0.1) is 20.4 Å². The van der Waals surface area contributed by atoms with Gasteiger partial charge in [0, 0.05) is 11.5 Å². The van der Waals surface area contributed by atoms with Crippen LogP contribution >= 0.6 is 11.8 Å². The zero-order valence-electron chi connectivity index (χ0n) is 11.7. The van der Waals surface area contributed by atoms with Gasteiger partial charge in [-0.1, -0.05) is 43.8 Å². The number of thioether (sulfide) groups is 1. The minimum atomic E-state index is 0.226. The lowest BCUT2D eigenvalue weighted by atomic mass is 10.2. The van der Waals surface area contributed by atoms with Crippen molar-refractivity contribution in [3.05, 3.63) is 42.1 Å². The summed E-state index contributed by atoms with van der Waals surface area (Å²) in [4.78, 5) is 0. The topological polar surface area (TPSA) is 77.8 Å². The molecule has 108 valence electrons. The van der Waals surface area contributed by atoms with Crippen LogP contribution in [0.4, 0.5) is 0 Å². The maximum Gasteiger partial charge on any atom is 0.277 e. The van der Waals surface area contributed by atoms with E-state index in [9.17, 15) is 0 Å². The van der Waals surface area contributed by atoms with Crippen molar-refractivity contribution in [2.45, 2.75) is 30.7 Å². The highest BCUT2D eigenvalue weighted by Gasteiger charge is 2.13. The predicted octanol–water partition coefficient (Wildman–Crippen LogP) is 3.54. The summed E-state index contributed by atoms with van der Waals surface area (Å²) in [5.41, 5.74) is 0.900. The van der Waals surface area contributed by atoms with Gasteiger partial charge in [-0.25, -0.2) is 0 Å². The van der Waals surface area contributed by atoms with Gasteiger partial charge in [-0.3, -0.25) is 0 Å². The lowest BCUT2D eigenvalue weighted by Crippen LogP contribution is -1.85. The fourth-order valence-electron chi connectivity index (χ4n) is 1.65. The molecule has 0 N–H and O–H groups in total. The normalized spacial score (nSPS) is 11.2. The van der Waals surface area contributed by atoms with Gasteiger partial charge >= 0.3 is 0 Å². The SMILES string of the molecule is CC(C)c1nnc(CSc2nnc(-c3ccccc3)o2)o1. The quantitative estimate of drug-likeness (QED) is 0.667. The Morgan fingerprint density at radius 3 is 2.52 bits per heavy atom. The summed E-state index contributed by atoms with van der Waals surface area (Å²) in [5.74, 6) is 2.44. The van der Waals surface area contributed by atoms with Crippen LogP contribution in [0.25, 0.3) is 11.5 Å². The molecular formula is C14H14N4O2S. The first kappa shape index (κ1) is 13.8. The van der Waals surface area contributed by atoms with Crippen LogP contribution in [0, 0.1) is 0 Å². The van der Waals surface area contributed by atoms with Crippen LogP contribution in [-0.2, 0) is 5.75 Å². The van der Waals surface area contributed by atoms with Crippen molar-refractivity contribution >= 4 is 11.8 Å². The monoisotopic (exact) mass is 302 g/mol. The van der Waals surface area contributed by atoms with Gasteiger partial charge in [0.1, 0.15) is 0 Å². The van der Waals surface area contributed by atoms with Crippen molar-refractivity contribution in [3.8, 4) is 11.5 Å². The van der Waals surface area contributed by atoms with Crippen LogP contribution in [0.2, 0.25) is 0 Å². The van der Waals surface area contributed by atoms with E-state index in [1.54, 1.807) is 0 Å². The minimum Gasteiger partial charge on any atom is -0.424 e. The Kier molecular flexibility index (Phi) is 4.01. The summed E-state index contributed by atoms with van der Waals surface area (Å²) >= 11 is 1.38. The summed E-state index contributed by atoms with van der Waals surface area (Å²) in [6.45, 7) is 4.02. The third kappa shape index (κ3) is 3.30. The van der Waals surface area contributed by atoms with Crippen LogP contribution < -0.4 is 0 Å². The summed E-state index contributed by atoms with van der Waals surface area (Å²) < 4.78 is 11.1. The smallest absolute Gasteiger partial charge is 0.277 e. The van der Waals surface area contributed by atoms with E-state index in [0.29, 0.717) is 28.6 Å². The summed E-state index contributed by atoms with van der Waals surface area (Å²) in [5, 5.41) is 16.5. The molecule has 2 heterocycles. The second kappa shape index (κ2) is 6.09. The van der Waals surface area contributed by atoms with Crippen molar-refractivity contribution in [3.63, 3.8) is 0 Å². The zero-order valence-corrected chi connectivity index (χ0v) is 12.5. The summed E-state index contributed by atoms with van der Waals surface area (Å²) in [7, 11) is 0. The van der Waals surface area contributed by atoms with Gasteiger partial charge < -0.3 is 8.83 Å². The van der Waals surface area contributed by atoms with Gasteiger partial charge in [0.05, 0.1) is 5.75 Å². The van der Waals surface area contributed by atoms with Crippen LogP contribution in [0.5, 0.6) is 0 Å². The van der Waals surface area contributed by atoms with E-state index in [-0.39, 0.29) is 5.92 Å². The Labute approximate surface area is 126 Å². The molecule has 2 aromatic heterocycles. The maximum atomic E-state index is 5.60. The molecule has 3 aromatic rings. The molecule has 0 spiro atoms. The summed E-state index contributed by atoms with van der Waals surface area (Å²) in [6.07, 6.45) is 0. The van der Waals surface area contributed by atoms with E-state index in [4.69, 9.17) is 8.83 Å². The van der Waals surface area contributed by atoms with E-state index >= 15 is 0 Å². The van der Waals surface area contributed by atoms with Crippen molar-refractivity contribution in [2.24, 2.45) is 0 Å². The third-order valence-corrected chi connectivity index (χ3v) is 3.53. The Bertz CT molecular complexity index is 709. The lowest BCUT2D eigenvalue weighted by molar-refractivity contribution is 0.442. The second-order valence-corrected chi connectivity index (χ2v) is 5.64. The van der Waals surface area contributed by atoms with Gasteiger partial charge in [0.2, 0.25) is 17.7 Å². The minimum absolute atomic E-state index is 0.226. The predicted molar refractivity (Wildman–Crippen MR) is 77.7 cm³/mol. The molecule has 0 unspecified atom stereocenters. The van der Waals surface area contributed by atoms with Crippen molar-refractivity contribution in [1.82, 2.24) is 20.4 Å². The summed E-state index contributed by atoms with van der Waals surface area (Å²) in [6, 6.07) is 9.65. The van der Waals surface area contributed by atoms with E-state index in [1.165, 1.54) is 11.8 Å². The van der Waals surface area contributed by atoms with Crippen LogP contribution in [-0.4, -0.2) is 20.4 Å². The highest BCUT2D eigenvalue weighted by atomic mass is 32.2. The van der Waals surface area contributed by atoms with Gasteiger partial charge in [-0.2, -0.15) is 0 Å². The first-order chi connectivity index (χ1) is 10.2. The molecule has 0 aliphatic rings. The maximum absolute atomic E-state index is 5.60. The molecule has 0 aliphatic heterocycles.